The number of hydrogen-bond acceptors (Lipinski definition) is 6. The maximum atomic E-state index is 12.2. The maximum Gasteiger partial charge on any atom is 0.352 e. The van der Waals surface area contributed by atoms with Gasteiger partial charge in [0.2, 0.25) is 0 Å². The first kappa shape index (κ1) is 24.2. The van der Waals surface area contributed by atoms with Crippen molar-refractivity contribution in [2.75, 3.05) is 19.2 Å². The van der Waals surface area contributed by atoms with Crippen LogP contribution in [0.5, 0.6) is 5.75 Å². The van der Waals surface area contributed by atoms with E-state index < -0.39 is 6.03 Å². The van der Waals surface area contributed by atoms with Crippen molar-refractivity contribution in [1.29, 1.82) is 0 Å². The lowest BCUT2D eigenvalue weighted by Crippen LogP contribution is -2.49. The Hall–Kier alpha value is -3.40. The van der Waals surface area contributed by atoms with Crippen LogP contribution in [-0.4, -0.2) is 35.0 Å². The predicted octanol–water partition coefficient (Wildman–Crippen LogP) is 3.57. The smallest absolute Gasteiger partial charge is 0.352 e. The first-order valence-electron chi connectivity index (χ1n) is 10.6. The number of anilines is 1. The summed E-state index contributed by atoms with van der Waals surface area (Å²) in [6.07, 6.45) is 0. The van der Waals surface area contributed by atoms with Gasteiger partial charge in [-0.2, -0.15) is 5.10 Å². The van der Waals surface area contributed by atoms with Gasteiger partial charge in [0.25, 0.3) is 0 Å². The summed E-state index contributed by atoms with van der Waals surface area (Å²) < 4.78 is 13.2. The number of ether oxygens (including phenoxy) is 2. The lowest BCUT2D eigenvalue weighted by Gasteiger charge is -2.24. The van der Waals surface area contributed by atoms with E-state index in [2.05, 4.69) is 13.0 Å². The van der Waals surface area contributed by atoms with Gasteiger partial charge in [0.1, 0.15) is 19.1 Å². The van der Waals surface area contributed by atoms with Crippen LogP contribution < -0.4 is 21.4 Å². The van der Waals surface area contributed by atoms with E-state index in [4.69, 9.17) is 26.3 Å². The summed E-state index contributed by atoms with van der Waals surface area (Å²) in [5.41, 5.74) is 7.40. The van der Waals surface area contributed by atoms with Crippen molar-refractivity contribution in [3.8, 4) is 17.0 Å². The Kier molecular flexibility index (Phi) is 7.37. The number of carbonyl (C=O) groups excluding carboxylic acids is 1. The minimum absolute atomic E-state index is 0.248. The number of hydrogen-bond donors (Lipinski definition) is 2. The van der Waals surface area contributed by atoms with Crippen LogP contribution in [0.4, 0.5) is 10.5 Å². The van der Waals surface area contributed by atoms with Crippen molar-refractivity contribution in [2.45, 2.75) is 41.0 Å². The highest BCUT2D eigenvalue weighted by atomic mass is 16.5. The minimum atomic E-state index is -0.527. The lowest BCUT2D eigenvalue weighted by atomic mass is 10.0. The molecule has 0 bridgehead atoms. The molecule has 0 saturated heterocycles. The van der Waals surface area contributed by atoms with Crippen molar-refractivity contribution >= 4 is 11.7 Å². The van der Waals surface area contributed by atoms with Gasteiger partial charge in [-0.05, 0) is 68.7 Å². The normalized spacial score (nSPS) is 10.9. The van der Waals surface area contributed by atoms with Crippen molar-refractivity contribution in [2.24, 2.45) is 11.7 Å². The summed E-state index contributed by atoms with van der Waals surface area (Å²) in [4.78, 5) is 12.2. The SMILES string of the molecule is COCn1nc(-c2ccc(OCc3c(C)cccc3N(N)C(=O)N(C)N)c(C)c2)c(C)c1C. The van der Waals surface area contributed by atoms with Gasteiger partial charge in [-0.25, -0.2) is 26.2 Å². The Morgan fingerprint density at radius 2 is 1.82 bits per heavy atom. The number of amides is 2. The molecular formula is C24H32N6O3. The molecular weight excluding hydrogens is 420 g/mol. The van der Waals surface area contributed by atoms with Gasteiger partial charge in [0.15, 0.2) is 0 Å². The average Bonchev–Trinajstić information content (AvgIpc) is 3.06. The van der Waals surface area contributed by atoms with E-state index in [9.17, 15) is 4.79 Å². The lowest BCUT2D eigenvalue weighted by molar-refractivity contribution is 0.119. The van der Waals surface area contributed by atoms with Crippen LogP contribution >= 0.6 is 0 Å². The summed E-state index contributed by atoms with van der Waals surface area (Å²) in [5.74, 6) is 12.3. The van der Waals surface area contributed by atoms with Gasteiger partial charge in [-0.1, -0.05) is 12.1 Å². The fraction of sp³-hybridized carbons (Fsp3) is 0.333. The maximum absolute atomic E-state index is 12.2. The Morgan fingerprint density at radius 1 is 1.09 bits per heavy atom. The highest BCUT2D eigenvalue weighted by Crippen LogP contribution is 2.30. The molecule has 0 atom stereocenters. The number of nitrogens with zero attached hydrogens (tertiary/aromatic N) is 4. The van der Waals surface area contributed by atoms with Crippen molar-refractivity contribution in [1.82, 2.24) is 14.8 Å². The number of benzene rings is 2. The third-order valence-corrected chi connectivity index (χ3v) is 5.73. The fourth-order valence-electron chi connectivity index (χ4n) is 3.64. The van der Waals surface area contributed by atoms with Crippen LogP contribution in [0.3, 0.4) is 0 Å². The number of hydrazine groups is 2. The Labute approximate surface area is 194 Å². The molecule has 9 heteroatoms. The fourth-order valence-corrected chi connectivity index (χ4v) is 3.64. The third kappa shape index (κ3) is 5.00. The molecule has 0 aliphatic heterocycles. The van der Waals surface area contributed by atoms with Gasteiger partial charge >= 0.3 is 6.03 Å². The largest absolute Gasteiger partial charge is 0.489 e. The summed E-state index contributed by atoms with van der Waals surface area (Å²) >= 11 is 0. The molecule has 0 saturated carbocycles. The van der Waals surface area contributed by atoms with Crippen LogP contribution in [0.25, 0.3) is 11.3 Å². The molecule has 2 amide bonds. The Morgan fingerprint density at radius 3 is 2.45 bits per heavy atom. The molecule has 2 aromatic carbocycles. The molecule has 1 heterocycles. The number of methoxy groups -OCH3 is 1. The zero-order valence-electron chi connectivity index (χ0n) is 20.0. The first-order chi connectivity index (χ1) is 15.6. The Balaban J connectivity index is 1.85. The summed E-state index contributed by atoms with van der Waals surface area (Å²) in [6, 6.07) is 11.0. The van der Waals surface area contributed by atoms with E-state index in [1.807, 2.05) is 49.7 Å². The highest BCUT2D eigenvalue weighted by molar-refractivity contribution is 5.91. The first-order valence-corrected chi connectivity index (χ1v) is 10.6. The molecule has 0 spiro atoms. The molecule has 0 unspecified atom stereocenters. The number of aromatic nitrogens is 2. The van der Waals surface area contributed by atoms with Gasteiger partial charge in [0, 0.05) is 31.0 Å². The third-order valence-electron chi connectivity index (χ3n) is 5.73. The number of urea groups is 1. The quantitative estimate of drug-likeness (QED) is 0.322. The standard InChI is InChI=1S/C24H32N6O3/c1-15-8-7-9-21(30(26)24(31)28(5)25)20(15)13-33-22-11-10-19(12-16(22)2)23-17(3)18(4)29(27-23)14-32-6/h7-12H,13-14,25-26H2,1-6H3. The van der Waals surface area contributed by atoms with Crippen molar-refractivity contribution < 1.29 is 14.3 Å². The number of carbonyl (C=O) groups is 1. The van der Waals surface area contributed by atoms with E-state index in [-0.39, 0.29) is 6.61 Å². The molecule has 0 aliphatic carbocycles. The number of nitrogens with two attached hydrogens (primary N) is 2. The zero-order chi connectivity index (χ0) is 24.3. The average molecular weight is 453 g/mol. The molecule has 3 rings (SSSR count). The second-order valence-corrected chi connectivity index (χ2v) is 8.08. The molecule has 3 aromatic rings. The van der Waals surface area contributed by atoms with E-state index in [0.29, 0.717) is 12.4 Å². The monoisotopic (exact) mass is 452 g/mol. The summed E-state index contributed by atoms with van der Waals surface area (Å²) in [7, 11) is 3.10. The molecule has 33 heavy (non-hydrogen) atoms. The van der Waals surface area contributed by atoms with Gasteiger partial charge in [-0.3, -0.25) is 5.01 Å². The van der Waals surface area contributed by atoms with Crippen LogP contribution in [0.15, 0.2) is 36.4 Å². The number of aryl methyl sites for hydroxylation is 2. The van der Waals surface area contributed by atoms with Crippen LogP contribution in [0.2, 0.25) is 0 Å². The van der Waals surface area contributed by atoms with E-state index in [0.717, 1.165) is 55.0 Å². The highest BCUT2D eigenvalue weighted by Gasteiger charge is 2.19. The van der Waals surface area contributed by atoms with E-state index >= 15 is 0 Å². The minimum Gasteiger partial charge on any atom is -0.489 e. The van der Waals surface area contributed by atoms with Crippen LogP contribution in [-0.2, 0) is 18.1 Å². The molecule has 0 radical (unpaired) electrons. The summed E-state index contributed by atoms with van der Waals surface area (Å²) in [6.45, 7) is 8.69. The number of rotatable bonds is 7. The molecule has 1 aromatic heterocycles. The second-order valence-electron chi connectivity index (χ2n) is 8.08. The van der Waals surface area contributed by atoms with E-state index in [1.54, 1.807) is 13.2 Å². The van der Waals surface area contributed by atoms with Gasteiger partial charge in [0.05, 0.1) is 11.4 Å². The summed E-state index contributed by atoms with van der Waals surface area (Å²) in [5, 5.41) is 6.66. The van der Waals surface area contributed by atoms with Gasteiger partial charge < -0.3 is 9.47 Å². The zero-order valence-corrected chi connectivity index (χ0v) is 20.0. The molecule has 0 fully saturated rings. The van der Waals surface area contributed by atoms with Crippen LogP contribution in [0.1, 0.15) is 27.9 Å². The molecule has 0 aliphatic rings. The van der Waals surface area contributed by atoms with E-state index in [1.165, 1.54) is 7.05 Å². The topological polar surface area (TPSA) is 112 Å². The Bertz CT molecular complexity index is 1160. The van der Waals surface area contributed by atoms with Gasteiger partial charge in [-0.15, -0.1) is 0 Å². The molecule has 176 valence electrons. The molecule has 4 N–H and O–H groups in total. The molecule has 9 nitrogen and oxygen atoms in total. The predicted molar refractivity (Wildman–Crippen MR) is 128 cm³/mol. The second kappa shape index (κ2) is 10.0. The van der Waals surface area contributed by atoms with Crippen molar-refractivity contribution in [3.05, 3.63) is 64.3 Å². The van der Waals surface area contributed by atoms with Crippen LogP contribution in [0, 0.1) is 27.7 Å². The van der Waals surface area contributed by atoms with Crippen molar-refractivity contribution in [3.63, 3.8) is 0 Å².